The van der Waals surface area contributed by atoms with Gasteiger partial charge < -0.3 is 9.80 Å². The molecule has 2 heterocycles. The van der Waals surface area contributed by atoms with E-state index in [1.54, 1.807) is 0 Å². The monoisotopic (exact) mass is 422 g/mol. The van der Waals surface area contributed by atoms with Crippen LogP contribution in [-0.2, 0) is 0 Å². The van der Waals surface area contributed by atoms with Gasteiger partial charge >= 0.3 is 0 Å². The number of nitrogens with zero attached hydrogens (tertiary/aromatic N) is 4. The Morgan fingerprint density at radius 1 is 0.812 bits per heavy atom. The van der Waals surface area contributed by atoms with Crippen molar-refractivity contribution in [1.29, 1.82) is 0 Å². The van der Waals surface area contributed by atoms with Crippen LogP contribution in [0.1, 0.15) is 23.2 Å². The van der Waals surface area contributed by atoms with Gasteiger partial charge in [0.25, 0.3) is 5.91 Å². The third kappa shape index (κ3) is 3.82. The lowest BCUT2D eigenvalue weighted by Gasteiger charge is -2.37. The quantitative estimate of drug-likeness (QED) is 0.462. The van der Waals surface area contributed by atoms with Gasteiger partial charge in [0.15, 0.2) is 5.82 Å². The molecular weight excluding hydrogens is 396 g/mol. The van der Waals surface area contributed by atoms with Crippen LogP contribution in [0.25, 0.3) is 22.0 Å². The minimum atomic E-state index is 0.0847. The number of rotatable bonds is 4. The van der Waals surface area contributed by atoms with Crippen LogP contribution >= 0.6 is 0 Å². The molecule has 1 aromatic heterocycles. The predicted octanol–water partition coefficient (Wildman–Crippen LogP) is 5.04. The molecular formula is C27H26N4O. The lowest BCUT2D eigenvalue weighted by atomic mass is 10.0. The molecule has 1 saturated heterocycles. The number of carbonyl (C=O) groups is 1. The molecule has 1 amide bonds. The number of benzene rings is 3. The Balaban J connectivity index is 1.36. The zero-order valence-corrected chi connectivity index (χ0v) is 18.2. The molecule has 0 unspecified atom stereocenters. The van der Waals surface area contributed by atoms with Crippen molar-refractivity contribution in [3.63, 3.8) is 0 Å². The van der Waals surface area contributed by atoms with Crippen LogP contribution in [0.15, 0.2) is 84.9 Å². The van der Waals surface area contributed by atoms with Crippen molar-refractivity contribution in [1.82, 2.24) is 15.1 Å². The molecule has 0 saturated carbocycles. The zero-order valence-electron chi connectivity index (χ0n) is 18.2. The first-order valence-electron chi connectivity index (χ1n) is 11.1. The summed E-state index contributed by atoms with van der Waals surface area (Å²) in [4.78, 5) is 17.0. The fraction of sp³-hybridized carbons (Fsp3) is 0.222. The summed E-state index contributed by atoms with van der Waals surface area (Å²) in [5, 5.41) is 11.5. The van der Waals surface area contributed by atoms with E-state index in [0.717, 1.165) is 59.3 Å². The van der Waals surface area contributed by atoms with Gasteiger partial charge in [-0.25, -0.2) is 0 Å². The first-order valence-corrected chi connectivity index (χ1v) is 11.1. The molecule has 32 heavy (non-hydrogen) atoms. The predicted molar refractivity (Wildman–Crippen MR) is 129 cm³/mol. The number of amides is 1. The van der Waals surface area contributed by atoms with E-state index in [1.165, 1.54) is 0 Å². The van der Waals surface area contributed by atoms with Crippen LogP contribution in [0.5, 0.6) is 0 Å². The van der Waals surface area contributed by atoms with E-state index in [4.69, 9.17) is 0 Å². The van der Waals surface area contributed by atoms with Gasteiger partial charge in [-0.2, -0.15) is 0 Å². The lowest BCUT2D eigenvalue weighted by Crippen LogP contribution is -2.46. The minimum Gasteiger partial charge on any atom is -0.354 e. The van der Waals surface area contributed by atoms with Crippen LogP contribution in [0.3, 0.4) is 0 Å². The van der Waals surface area contributed by atoms with Crippen LogP contribution in [0.4, 0.5) is 5.82 Å². The zero-order chi connectivity index (χ0) is 21.9. The van der Waals surface area contributed by atoms with Crippen molar-refractivity contribution in [2.45, 2.75) is 18.9 Å². The number of piperidine rings is 1. The Morgan fingerprint density at radius 2 is 1.41 bits per heavy atom. The maximum absolute atomic E-state index is 12.8. The third-order valence-corrected chi connectivity index (χ3v) is 6.37. The Hall–Kier alpha value is -3.73. The van der Waals surface area contributed by atoms with Gasteiger partial charge in [-0.05, 0) is 25.0 Å². The molecule has 1 aliphatic rings. The largest absolute Gasteiger partial charge is 0.354 e. The Morgan fingerprint density at radius 3 is 2.09 bits per heavy atom. The van der Waals surface area contributed by atoms with E-state index in [1.807, 2.05) is 60.5 Å². The Labute approximate surface area is 188 Å². The summed E-state index contributed by atoms with van der Waals surface area (Å²) >= 11 is 0. The van der Waals surface area contributed by atoms with E-state index >= 15 is 0 Å². The first-order chi connectivity index (χ1) is 15.7. The van der Waals surface area contributed by atoms with Crippen molar-refractivity contribution in [3.05, 3.63) is 90.5 Å². The highest BCUT2D eigenvalue weighted by Crippen LogP contribution is 2.32. The van der Waals surface area contributed by atoms with Gasteiger partial charge in [0.1, 0.15) is 5.69 Å². The van der Waals surface area contributed by atoms with Crippen molar-refractivity contribution >= 4 is 22.5 Å². The van der Waals surface area contributed by atoms with Crippen LogP contribution in [-0.4, -0.2) is 47.2 Å². The van der Waals surface area contributed by atoms with E-state index in [2.05, 4.69) is 51.5 Å². The van der Waals surface area contributed by atoms with Gasteiger partial charge in [0.2, 0.25) is 0 Å². The fourth-order valence-corrected chi connectivity index (χ4v) is 4.55. The molecule has 0 spiro atoms. The SMILES string of the molecule is CN(C(=O)c1ccccc1)C1CCN(c2nnc(-c3ccccc3)c3ccccc23)CC1. The molecule has 0 atom stereocenters. The average molecular weight is 423 g/mol. The highest BCUT2D eigenvalue weighted by atomic mass is 16.2. The Kier molecular flexibility index (Phi) is 5.55. The number of hydrogen-bond acceptors (Lipinski definition) is 4. The van der Waals surface area contributed by atoms with Crippen molar-refractivity contribution < 1.29 is 4.79 Å². The second kappa shape index (κ2) is 8.79. The summed E-state index contributed by atoms with van der Waals surface area (Å²) in [6.07, 6.45) is 1.82. The van der Waals surface area contributed by atoms with E-state index in [9.17, 15) is 4.79 Å². The van der Waals surface area contributed by atoms with Gasteiger partial charge in [0, 0.05) is 48.1 Å². The molecule has 0 N–H and O–H groups in total. The van der Waals surface area contributed by atoms with Crippen LogP contribution in [0, 0.1) is 0 Å². The average Bonchev–Trinajstić information content (AvgIpc) is 2.88. The normalized spacial score (nSPS) is 14.5. The molecule has 1 fully saturated rings. The van der Waals surface area contributed by atoms with E-state index < -0.39 is 0 Å². The number of hydrogen-bond donors (Lipinski definition) is 0. The maximum atomic E-state index is 12.8. The van der Waals surface area contributed by atoms with E-state index in [-0.39, 0.29) is 11.9 Å². The molecule has 5 heteroatoms. The molecule has 4 aromatic rings. The van der Waals surface area contributed by atoms with Gasteiger partial charge in [-0.15, -0.1) is 10.2 Å². The van der Waals surface area contributed by atoms with E-state index in [0.29, 0.717) is 0 Å². The van der Waals surface area contributed by atoms with Gasteiger partial charge in [-0.1, -0.05) is 72.8 Å². The molecule has 0 radical (unpaired) electrons. The number of carbonyl (C=O) groups excluding carboxylic acids is 1. The smallest absolute Gasteiger partial charge is 0.253 e. The third-order valence-electron chi connectivity index (χ3n) is 6.37. The summed E-state index contributed by atoms with van der Waals surface area (Å²) in [6, 6.07) is 28.3. The van der Waals surface area contributed by atoms with Crippen LogP contribution in [0.2, 0.25) is 0 Å². The number of fused-ring (bicyclic) bond motifs is 1. The summed E-state index contributed by atoms with van der Waals surface area (Å²) in [5.74, 6) is 1.01. The standard InChI is InChI=1S/C27H26N4O/c1-30(27(32)21-12-6-3-7-13-21)22-16-18-31(19-17-22)26-24-15-9-8-14-23(24)25(28-29-26)20-10-4-2-5-11-20/h2-15,22H,16-19H2,1H3. The number of aromatic nitrogens is 2. The van der Waals surface area contributed by atoms with Crippen molar-refractivity contribution in [2.24, 2.45) is 0 Å². The highest BCUT2D eigenvalue weighted by Gasteiger charge is 2.27. The molecule has 1 aliphatic heterocycles. The van der Waals surface area contributed by atoms with Gasteiger partial charge in [-0.3, -0.25) is 4.79 Å². The molecule has 160 valence electrons. The van der Waals surface area contributed by atoms with Gasteiger partial charge in [0.05, 0.1) is 0 Å². The molecule has 5 nitrogen and oxygen atoms in total. The second-order valence-electron chi connectivity index (χ2n) is 8.28. The summed E-state index contributed by atoms with van der Waals surface area (Å²) in [6.45, 7) is 1.70. The minimum absolute atomic E-state index is 0.0847. The molecule has 0 aliphatic carbocycles. The molecule has 0 bridgehead atoms. The highest BCUT2D eigenvalue weighted by molar-refractivity contribution is 6.00. The lowest BCUT2D eigenvalue weighted by molar-refractivity contribution is 0.0709. The second-order valence-corrected chi connectivity index (χ2v) is 8.28. The fourth-order valence-electron chi connectivity index (χ4n) is 4.55. The molecule has 3 aromatic carbocycles. The topological polar surface area (TPSA) is 49.3 Å². The van der Waals surface area contributed by atoms with Crippen LogP contribution < -0.4 is 4.90 Å². The van der Waals surface area contributed by atoms with Crippen molar-refractivity contribution in [2.75, 3.05) is 25.0 Å². The Bertz CT molecular complexity index is 1220. The summed E-state index contributed by atoms with van der Waals surface area (Å²) in [7, 11) is 1.92. The summed E-state index contributed by atoms with van der Waals surface area (Å²) in [5.41, 5.74) is 2.72. The maximum Gasteiger partial charge on any atom is 0.253 e. The summed E-state index contributed by atoms with van der Waals surface area (Å²) < 4.78 is 0. The molecule has 5 rings (SSSR count). The number of anilines is 1. The van der Waals surface area contributed by atoms with Crippen molar-refractivity contribution in [3.8, 4) is 11.3 Å². The first kappa shape index (κ1) is 20.2.